The Bertz CT molecular complexity index is 1060. The Balaban J connectivity index is 1.24. The normalized spacial score (nSPS) is 23.2. The third-order valence-electron chi connectivity index (χ3n) is 7.08. The predicted octanol–water partition coefficient (Wildman–Crippen LogP) is 6.01. The molecule has 2 heterocycles. The van der Waals surface area contributed by atoms with Crippen LogP contribution in [0.5, 0.6) is 17.2 Å². The number of Topliss-reactive ketones (excluding diaryl/α,β-unsaturated/α-hetero) is 1. The van der Waals surface area contributed by atoms with Crippen molar-refractivity contribution in [1.29, 1.82) is 0 Å². The average Bonchev–Trinajstić information content (AvgIpc) is 3.43. The lowest BCUT2D eigenvalue weighted by atomic mass is 9.89. The number of fused-ring (bicyclic) bond motifs is 1. The molecule has 2 aromatic carbocycles. The Labute approximate surface area is 197 Å². The highest BCUT2D eigenvalue weighted by atomic mass is 35.5. The van der Waals surface area contributed by atoms with Crippen molar-refractivity contribution in [3.8, 4) is 17.2 Å². The number of halogens is 1. The van der Waals surface area contributed by atoms with E-state index in [4.69, 9.17) is 25.8 Å². The number of hydrogen-bond acceptors (Lipinski definition) is 5. The number of carboxylic acids is 1. The number of aliphatic carboxylic acids is 1. The van der Waals surface area contributed by atoms with Gasteiger partial charge < -0.3 is 19.3 Å². The van der Waals surface area contributed by atoms with Gasteiger partial charge in [-0.1, -0.05) is 24.4 Å². The van der Waals surface area contributed by atoms with E-state index in [9.17, 15) is 14.7 Å². The molecule has 1 aliphatic carbocycles. The Morgan fingerprint density at radius 1 is 1.15 bits per heavy atom. The number of carboxylic acid groups (broad SMARTS) is 1. The van der Waals surface area contributed by atoms with Crippen LogP contribution in [-0.4, -0.2) is 35.7 Å². The van der Waals surface area contributed by atoms with Crippen molar-refractivity contribution in [2.75, 3.05) is 13.2 Å². The van der Waals surface area contributed by atoms with Crippen LogP contribution in [-0.2, 0) is 9.53 Å². The smallest absolute Gasteiger partial charge is 0.311 e. The molecular weight excluding hydrogens is 444 g/mol. The molecule has 0 aromatic heterocycles. The maximum atomic E-state index is 12.8. The molecule has 3 aliphatic rings. The molecule has 0 radical (unpaired) electrons. The molecule has 2 aliphatic heterocycles. The SMILES string of the molecule is O=C(CC1COC2(CCCC2)C1)c1ccc(Oc2cc3c(cc2Cl)C(C(=O)O)CCO3)cc1. The number of ether oxygens (including phenoxy) is 3. The molecule has 6 nitrogen and oxygen atoms in total. The van der Waals surface area contributed by atoms with Crippen molar-refractivity contribution in [2.45, 2.75) is 56.5 Å². The molecule has 7 heteroatoms. The van der Waals surface area contributed by atoms with Gasteiger partial charge in [-0.05, 0) is 61.9 Å². The van der Waals surface area contributed by atoms with Gasteiger partial charge in [0.15, 0.2) is 5.78 Å². The van der Waals surface area contributed by atoms with E-state index < -0.39 is 11.9 Å². The minimum absolute atomic E-state index is 0.0327. The number of carbonyl (C=O) groups is 2. The summed E-state index contributed by atoms with van der Waals surface area (Å²) in [6.45, 7) is 1.00. The first kappa shape index (κ1) is 22.2. The lowest BCUT2D eigenvalue weighted by molar-refractivity contribution is -0.139. The van der Waals surface area contributed by atoms with E-state index in [0.29, 0.717) is 59.5 Å². The Kier molecular flexibility index (Phi) is 6.06. The zero-order valence-corrected chi connectivity index (χ0v) is 19.1. The second kappa shape index (κ2) is 8.99. The molecule has 2 aromatic rings. The summed E-state index contributed by atoms with van der Waals surface area (Å²) in [7, 11) is 0. The zero-order valence-electron chi connectivity index (χ0n) is 18.3. The molecule has 0 bridgehead atoms. The van der Waals surface area contributed by atoms with Gasteiger partial charge in [0, 0.05) is 23.6 Å². The first-order chi connectivity index (χ1) is 15.9. The molecule has 2 atom stereocenters. The summed E-state index contributed by atoms with van der Waals surface area (Å²) in [5.41, 5.74) is 1.24. The van der Waals surface area contributed by atoms with E-state index in [1.165, 1.54) is 12.8 Å². The maximum Gasteiger partial charge on any atom is 0.311 e. The zero-order chi connectivity index (χ0) is 23.0. The monoisotopic (exact) mass is 470 g/mol. The second-order valence-electron chi connectivity index (χ2n) is 9.37. The summed E-state index contributed by atoms with van der Waals surface area (Å²) in [5, 5.41) is 9.74. The first-order valence-corrected chi connectivity index (χ1v) is 11.9. The molecule has 2 unspecified atom stereocenters. The fraction of sp³-hybridized carbons (Fsp3) is 0.462. The molecule has 1 spiro atoms. The van der Waals surface area contributed by atoms with Gasteiger partial charge in [-0.25, -0.2) is 0 Å². The number of hydrogen-bond donors (Lipinski definition) is 1. The Hall–Kier alpha value is -2.57. The highest BCUT2D eigenvalue weighted by Crippen LogP contribution is 2.44. The Morgan fingerprint density at radius 3 is 2.64 bits per heavy atom. The molecule has 33 heavy (non-hydrogen) atoms. The van der Waals surface area contributed by atoms with Gasteiger partial charge in [0.1, 0.15) is 17.2 Å². The van der Waals surface area contributed by atoms with E-state index in [-0.39, 0.29) is 17.3 Å². The van der Waals surface area contributed by atoms with E-state index in [0.717, 1.165) is 19.3 Å². The van der Waals surface area contributed by atoms with Crippen molar-refractivity contribution < 1.29 is 28.9 Å². The van der Waals surface area contributed by atoms with Crippen LogP contribution in [0.2, 0.25) is 5.02 Å². The molecule has 1 N–H and O–H groups in total. The van der Waals surface area contributed by atoms with Gasteiger partial charge in [-0.15, -0.1) is 0 Å². The molecule has 1 saturated heterocycles. The molecule has 1 saturated carbocycles. The molecule has 0 amide bonds. The lowest BCUT2D eigenvalue weighted by Gasteiger charge is -2.24. The molecular formula is C26H27ClO6. The van der Waals surface area contributed by atoms with Gasteiger partial charge in [0.2, 0.25) is 0 Å². The van der Waals surface area contributed by atoms with Crippen molar-refractivity contribution >= 4 is 23.4 Å². The fourth-order valence-electron chi connectivity index (χ4n) is 5.38. The van der Waals surface area contributed by atoms with Crippen LogP contribution in [0, 0.1) is 5.92 Å². The third kappa shape index (κ3) is 4.59. The maximum absolute atomic E-state index is 12.8. The highest BCUT2D eigenvalue weighted by molar-refractivity contribution is 6.32. The van der Waals surface area contributed by atoms with Crippen LogP contribution in [0.15, 0.2) is 36.4 Å². The van der Waals surface area contributed by atoms with Crippen molar-refractivity contribution in [3.05, 3.63) is 52.5 Å². The predicted molar refractivity (Wildman–Crippen MR) is 123 cm³/mol. The van der Waals surface area contributed by atoms with Crippen LogP contribution < -0.4 is 9.47 Å². The van der Waals surface area contributed by atoms with Gasteiger partial charge in [-0.3, -0.25) is 9.59 Å². The summed E-state index contributed by atoms with van der Waals surface area (Å²) in [6.07, 6.45) is 6.59. The number of ketones is 1. The summed E-state index contributed by atoms with van der Waals surface area (Å²) in [4.78, 5) is 24.3. The number of rotatable bonds is 6. The standard InChI is InChI=1S/C26H27ClO6/c27-21-12-20-19(25(29)30)7-10-31-23(20)13-24(21)33-18-5-3-17(4-6-18)22(28)11-16-14-26(32-15-16)8-1-2-9-26/h3-6,12-13,16,19H,1-2,7-11,14-15H2,(H,29,30). The fourth-order valence-corrected chi connectivity index (χ4v) is 5.59. The number of benzene rings is 2. The number of carbonyl (C=O) groups excluding carboxylic acids is 1. The molecule has 174 valence electrons. The average molecular weight is 471 g/mol. The van der Waals surface area contributed by atoms with E-state index >= 15 is 0 Å². The van der Waals surface area contributed by atoms with Crippen molar-refractivity contribution in [1.82, 2.24) is 0 Å². The largest absolute Gasteiger partial charge is 0.493 e. The summed E-state index contributed by atoms with van der Waals surface area (Å²) >= 11 is 6.37. The summed E-state index contributed by atoms with van der Waals surface area (Å²) in [6, 6.07) is 10.2. The van der Waals surface area contributed by atoms with E-state index in [1.54, 1.807) is 36.4 Å². The van der Waals surface area contributed by atoms with Gasteiger partial charge in [-0.2, -0.15) is 0 Å². The highest BCUT2D eigenvalue weighted by Gasteiger charge is 2.42. The van der Waals surface area contributed by atoms with E-state index in [2.05, 4.69) is 0 Å². The lowest BCUT2D eigenvalue weighted by Crippen LogP contribution is -2.22. The van der Waals surface area contributed by atoms with Crippen molar-refractivity contribution in [3.63, 3.8) is 0 Å². The van der Waals surface area contributed by atoms with Gasteiger partial charge in [0.25, 0.3) is 0 Å². The Morgan fingerprint density at radius 2 is 1.91 bits per heavy atom. The minimum atomic E-state index is -0.896. The first-order valence-electron chi connectivity index (χ1n) is 11.6. The topological polar surface area (TPSA) is 82.1 Å². The summed E-state index contributed by atoms with van der Waals surface area (Å²) < 4.78 is 17.6. The summed E-state index contributed by atoms with van der Waals surface area (Å²) in [5.74, 6) is 0.254. The quantitative estimate of drug-likeness (QED) is 0.521. The van der Waals surface area contributed by atoms with Crippen LogP contribution >= 0.6 is 11.6 Å². The van der Waals surface area contributed by atoms with Crippen LogP contribution in [0.3, 0.4) is 0 Å². The molecule has 5 rings (SSSR count). The van der Waals surface area contributed by atoms with Gasteiger partial charge in [0.05, 0.1) is 29.8 Å². The minimum Gasteiger partial charge on any atom is -0.493 e. The second-order valence-corrected chi connectivity index (χ2v) is 9.78. The van der Waals surface area contributed by atoms with E-state index in [1.807, 2.05) is 0 Å². The third-order valence-corrected chi connectivity index (χ3v) is 7.38. The van der Waals surface area contributed by atoms with Crippen LogP contribution in [0.25, 0.3) is 0 Å². The van der Waals surface area contributed by atoms with Crippen molar-refractivity contribution in [2.24, 2.45) is 5.92 Å². The molecule has 2 fully saturated rings. The van der Waals surface area contributed by atoms with Gasteiger partial charge >= 0.3 is 5.97 Å². The van der Waals surface area contributed by atoms with Crippen LogP contribution in [0.1, 0.15) is 66.8 Å². The van der Waals surface area contributed by atoms with Crippen LogP contribution in [0.4, 0.5) is 0 Å².